The first-order valence-corrected chi connectivity index (χ1v) is 7.71. The Morgan fingerprint density at radius 2 is 1.90 bits per heavy atom. The van der Waals surface area contributed by atoms with E-state index in [0.29, 0.717) is 16.7 Å². The van der Waals surface area contributed by atoms with Crippen molar-refractivity contribution >= 4 is 64.3 Å². The molecular weight excluding hydrogens is 347 g/mol. The molecule has 0 aliphatic carbocycles. The molecule has 1 heterocycles. The number of rotatable bonds is 2. The van der Waals surface area contributed by atoms with Crippen molar-refractivity contribution in [3.8, 4) is 0 Å². The fraction of sp³-hybridized carbons (Fsp3) is 0.273. The van der Waals surface area contributed by atoms with Gasteiger partial charge in [0.1, 0.15) is 6.04 Å². The summed E-state index contributed by atoms with van der Waals surface area (Å²) in [5.74, 6) is -0.394. The topological polar surface area (TPSA) is 69.6 Å². The van der Waals surface area contributed by atoms with Crippen LogP contribution in [-0.4, -0.2) is 39.7 Å². The fourth-order valence-corrected chi connectivity index (χ4v) is 3.74. The highest BCUT2D eigenvalue weighted by atomic mass is 35.5. The molecule has 2 rings (SSSR count). The third-order valence-electron chi connectivity index (χ3n) is 2.67. The van der Waals surface area contributed by atoms with Gasteiger partial charge < -0.3 is 15.3 Å². The predicted molar refractivity (Wildman–Crippen MR) is 81.1 cm³/mol. The van der Waals surface area contributed by atoms with Crippen LogP contribution in [0.3, 0.4) is 0 Å². The zero-order valence-corrected chi connectivity index (χ0v) is 13.0. The summed E-state index contributed by atoms with van der Waals surface area (Å²) in [7, 11) is 0. The molecule has 1 aromatic carbocycles. The van der Waals surface area contributed by atoms with Crippen molar-refractivity contribution in [3.05, 3.63) is 27.2 Å². The number of anilines is 1. The van der Waals surface area contributed by atoms with Gasteiger partial charge in [0.05, 0.1) is 21.6 Å². The Balaban J connectivity index is 2.18. The Hall–Kier alpha value is -0.820. The van der Waals surface area contributed by atoms with Crippen molar-refractivity contribution in [2.24, 2.45) is 0 Å². The number of carboxylic acid groups (broad SMARTS) is 1. The lowest BCUT2D eigenvalue weighted by Crippen LogP contribution is -2.44. The van der Waals surface area contributed by atoms with Gasteiger partial charge in [0.15, 0.2) is 0 Å². The number of aliphatic carboxylic acids is 1. The summed E-state index contributed by atoms with van der Waals surface area (Å²) in [6, 6.07) is 1.47. The highest BCUT2D eigenvalue weighted by molar-refractivity contribution is 7.99. The van der Waals surface area contributed by atoms with Gasteiger partial charge in [-0.15, -0.1) is 11.8 Å². The van der Waals surface area contributed by atoms with Gasteiger partial charge in [0.25, 0.3) is 0 Å². The number of hydrogen-bond acceptors (Lipinski definition) is 3. The van der Waals surface area contributed by atoms with Crippen LogP contribution in [0.1, 0.15) is 0 Å². The molecule has 1 saturated heterocycles. The van der Waals surface area contributed by atoms with E-state index in [1.807, 2.05) is 0 Å². The van der Waals surface area contributed by atoms with Crippen molar-refractivity contribution in [1.29, 1.82) is 0 Å². The molecule has 1 fully saturated rings. The molecule has 108 valence electrons. The van der Waals surface area contributed by atoms with Gasteiger partial charge in [-0.25, -0.2) is 9.59 Å². The molecule has 20 heavy (non-hydrogen) atoms. The van der Waals surface area contributed by atoms with Gasteiger partial charge in [-0.2, -0.15) is 0 Å². The Labute approximate surface area is 134 Å². The molecule has 0 bridgehead atoms. The first-order chi connectivity index (χ1) is 9.40. The predicted octanol–water partition coefficient (Wildman–Crippen LogP) is 3.64. The van der Waals surface area contributed by atoms with Gasteiger partial charge in [-0.1, -0.05) is 34.8 Å². The minimum Gasteiger partial charge on any atom is -0.480 e. The summed E-state index contributed by atoms with van der Waals surface area (Å²) in [5, 5.41) is 12.3. The Morgan fingerprint density at radius 3 is 2.45 bits per heavy atom. The highest BCUT2D eigenvalue weighted by Gasteiger charge is 2.35. The van der Waals surface area contributed by atoms with Gasteiger partial charge in [0, 0.05) is 10.8 Å². The summed E-state index contributed by atoms with van der Waals surface area (Å²) >= 11 is 19.1. The zero-order valence-electron chi connectivity index (χ0n) is 9.90. The third-order valence-corrected chi connectivity index (χ3v) is 4.49. The van der Waals surface area contributed by atoms with E-state index in [1.54, 1.807) is 0 Å². The average molecular weight is 356 g/mol. The monoisotopic (exact) mass is 354 g/mol. The number of carboxylic acids is 1. The van der Waals surface area contributed by atoms with Gasteiger partial charge in [-0.3, -0.25) is 0 Å². The molecular formula is C11H9Cl3N2O3S. The molecule has 1 aliphatic rings. The number of carbonyl (C=O) groups excluding carboxylic acids is 1. The lowest BCUT2D eigenvalue weighted by atomic mass is 10.3. The van der Waals surface area contributed by atoms with E-state index in [9.17, 15) is 9.59 Å². The standard InChI is InChI=1S/C11H9Cl3N2O3S/c12-5-1-6(13)9(7(14)2-5)15-11(19)16-4-20-3-8(16)10(17)18/h1-2,8H,3-4H2,(H,15,19)(H,17,18)/t8-/m0/s1. The molecule has 0 aromatic heterocycles. The van der Waals surface area contributed by atoms with Crippen molar-refractivity contribution in [1.82, 2.24) is 4.90 Å². The first-order valence-electron chi connectivity index (χ1n) is 5.43. The smallest absolute Gasteiger partial charge is 0.327 e. The van der Waals surface area contributed by atoms with E-state index in [-0.39, 0.29) is 15.7 Å². The molecule has 0 spiro atoms. The van der Waals surface area contributed by atoms with Crippen molar-refractivity contribution in [2.75, 3.05) is 16.9 Å². The van der Waals surface area contributed by atoms with Crippen LogP contribution in [0.5, 0.6) is 0 Å². The lowest BCUT2D eigenvalue weighted by Gasteiger charge is -2.21. The zero-order chi connectivity index (χ0) is 14.9. The van der Waals surface area contributed by atoms with Gasteiger partial charge >= 0.3 is 12.0 Å². The third kappa shape index (κ3) is 3.25. The number of nitrogens with zero attached hydrogens (tertiary/aromatic N) is 1. The molecule has 2 amide bonds. The summed E-state index contributed by atoms with van der Waals surface area (Å²) in [6.07, 6.45) is 0. The second-order valence-corrected chi connectivity index (χ2v) is 6.25. The van der Waals surface area contributed by atoms with Gasteiger partial charge in [-0.05, 0) is 12.1 Å². The largest absolute Gasteiger partial charge is 0.480 e. The molecule has 0 saturated carbocycles. The molecule has 5 nitrogen and oxygen atoms in total. The van der Waals surface area contributed by atoms with E-state index in [1.165, 1.54) is 28.8 Å². The Kier molecular flexibility index (Phi) is 4.90. The maximum absolute atomic E-state index is 12.1. The second kappa shape index (κ2) is 6.30. The van der Waals surface area contributed by atoms with Crippen LogP contribution in [0.15, 0.2) is 12.1 Å². The average Bonchev–Trinajstić information content (AvgIpc) is 2.82. The van der Waals surface area contributed by atoms with Crippen molar-refractivity contribution in [2.45, 2.75) is 6.04 Å². The number of halogens is 3. The number of nitrogens with one attached hydrogen (secondary N) is 1. The number of carbonyl (C=O) groups is 2. The first kappa shape index (κ1) is 15.6. The normalized spacial score (nSPS) is 18.1. The molecule has 0 radical (unpaired) electrons. The van der Waals surface area contributed by atoms with E-state index in [2.05, 4.69) is 5.32 Å². The summed E-state index contributed by atoms with van der Waals surface area (Å²) in [6.45, 7) is 0. The number of amides is 2. The SMILES string of the molecule is O=C(O)[C@@H]1CSCN1C(=O)Nc1c(Cl)cc(Cl)cc1Cl. The number of urea groups is 1. The molecule has 9 heteroatoms. The van der Waals surface area contributed by atoms with Crippen LogP contribution >= 0.6 is 46.6 Å². The van der Waals surface area contributed by atoms with Crippen LogP contribution in [0.4, 0.5) is 10.5 Å². The van der Waals surface area contributed by atoms with Crippen LogP contribution in [0.2, 0.25) is 15.1 Å². The summed E-state index contributed by atoms with van der Waals surface area (Å²) < 4.78 is 0. The quantitative estimate of drug-likeness (QED) is 0.850. The molecule has 1 atom stereocenters. The summed E-state index contributed by atoms with van der Waals surface area (Å²) in [5.41, 5.74) is 0.212. The minimum atomic E-state index is -1.04. The fourth-order valence-electron chi connectivity index (χ4n) is 1.69. The molecule has 2 N–H and O–H groups in total. The maximum Gasteiger partial charge on any atom is 0.327 e. The summed E-state index contributed by atoms with van der Waals surface area (Å²) in [4.78, 5) is 24.4. The molecule has 0 unspecified atom stereocenters. The van der Waals surface area contributed by atoms with Crippen LogP contribution in [-0.2, 0) is 4.79 Å². The van der Waals surface area contributed by atoms with Crippen LogP contribution in [0, 0.1) is 0 Å². The van der Waals surface area contributed by atoms with Crippen LogP contribution < -0.4 is 5.32 Å². The molecule has 1 aromatic rings. The van der Waals surface area contributed by atoms with E-state index >= 15 is 0 Å². The van der Waals surface area contributed by atoms with Gasteiger partial charge in [0.2, 0.25) is 0 Å². The highest BCUT2D eigenvalue weighted by Crippen LogP contribution is 2.34. The van der Waals surface area contributed by atoms with E-state index < -0.39 is 18.0 Å². The van der Waals surface area contributed by atoms with Crippen molar-refractivity contribution < 1.29 is 14.7 Å². The van der Waals surface area contributed by atoms with E-state index in [4.69, 9.17) is 39.9 Å². The number of benzene rings is 1. The number of thioether (sulfide) groups is 1. The number of hydrogen-bond donors (Lipinski definition) is 2. The second-order valence-electron chi connectivity index (χ2n) is 4.00. The van der Waals surface area contributed by atoms with E-state index in [0.717, 1.165) is 0 Å². The lowest BCUT2D eigenvalue weighted by molar-refractivity contribution is -0.140. The minimum absolute atomic E-state index is 0.189. The molecule has 1 aliphatic heterocycles. The van der Waals surface area contributed by atoms with Crippen molar-refractivity contribution in [3.63, 3.8) is 0 Å². The van der Waals surface area contributed by atoms with Crippen LogP contribution in [0.25, 0.3) is 0 Å². The Morgan fingerprint density at radius 1 is 1.30 bits per heavy atom. The maximum atomic E-state index is 12.1. The Bertz CT molecular complexity index is 547.